The molecule has 1 rings (SSSR count). The Morgan fingerprint density at radius 3 is 2.26 bits per heavy atom. The fraction of sp³-hybridized carbons (Fsp3) is 0.462. The van der Waals surface area contributed by atoms with E-state index in [2.05, 4.69) is 4.74 Å². The van der Waals surface area contributed by atoms with E-state index in [1.807, 2.05) is 0 Å². The molecule has 1 aromatic rings. The van der Waals surface area contributed by atoms with Crippen molar-refractivity contribution in [3.63, 3.8) is 0 Å². The number of halogens is 2. The lowest BCUT2D eigenvalue weighted by Crippen LogP contribution is -2.42. The molecule has 0 heterocycles. The lowest BCUT2D eigenvalue weighted by atomic mass is 10.2. The highest BCUT2D eigenvalue weighted by atomic mass is 19.3. The molecule has 0 fully saturated rings. The van der Waals surface area contributed by atoms with E-state index in [-0.39, 0.29) is 0 Å². The summed E-state index contributed by atoms with van der Waals surface area (Å²) in [7, 11) is 0. The average Bonchev–Trinajstić information content (AvgIpc) is 2.36. The molecule has 4 nitrogen and oxygen atoms in total. The van der Waals surface area contributed by atoms with Crippen LogP contribution in [0.15, 0.2) is 30.3 Å². The quantitative estimate of drug-likeness (QED) is 0.805. The topological polar surface area (TPSA) is 61.6 Å². The highest BCUT2D eigenvalue weighted by Gasteiger charge is 2.33. The molecule has 1 aromatic carbocycles. The molecule has 0 aliphatic carbocycles. The first-order chi connectivity index (χ1) is 8.91. The number of carbonyl (C=O) groups is 1. The molecule has 3 atom stereocenters. The second-order valence-corrected chi connectivity index (χ2v) is 4.16. The normalized spacial score (nSPS) is 15.7. The number of hydrogen-bond donors (Lipinski definition) is 1. The van der Waals surface area contributed by atoms with Crippen LogP contribution in [-0.2, 0) is 9.53 Å². The smallest absolute Gasteiger partial charge is 0.323 e. The molecule has 19 heavy (non-hydrogen) atoms. The van der Waals surface area contributed by atoms with Gasteiger partial charge in [0.25, 0.3) is 6.43 Å². The molecule has 0 aliphatic rings. The van der Waals surface area contributed by atoms with Gasteiger partial charge in [-0.05, 0) is 26.0 Å². The average molecular weight is 273 g/mol. The van der Waals surface area contributed by atoms with Gasteiger partial charge in [-0.15, -0.1) is 0 Å². The molecule has 6 heteroatoms. The number of benzene rings is 1. The van der Waals surface area contributed by atoms with E-state index in [0.29, 0.717) is 5.75 Å². The number of nitrogens with two attached hydrogens (primary N) is 1. The number of ether oxygens (including phenoxy) is 2. The lowest BCUT2D eigenvalue weighted by molar-refractivity contribution is -0.166. The van der Waals surface area contributed by atoms with Gasteiger partial charge in [-0.2, -0.15) is 0 Å². The summed E-state index contributed by atoms with van der Waals surface area (Å²) < 4.78 is 35.7. The summed E-state index contributed by atoms with van der Waals surface area (Å²) in [5, 5.41) is 0. The van der Waals surface area contributed by atoms with Gasteiger partial charge in [0.15, 0.2) is 6.10 Å². The van der Waals surface area contributed by atoms with Gasteiger partial charge in [0.05, 0.1) is 0 Å². The number of carbonyl (C=O) groups excluding carboxylic acids is 1. The Kier molecular flexibility index (Phi) is 5.69. The van der Waals surface area contributed by atoms with Gasteiger partial charge >= 0.3 is 5.97 Å². The molecule has 0 aliphatic heterocycles. The van der Waals surface area contributed by atoms with Crippen LogP contribution < -0.4 is 10.5 Å². The second-order valence-electron chi connectivity index (χ2n) is 4.16. The van der Waals surface area contributed by atoms with Crippen LogP contribution in [0.25, 0.3) is 0 Å². The second kappa shape index (κ2) is 7.04. The summed E-state index contributed by atoms with van der Waals surface area (Å²) in [4.78, 5) is 11.3. The van der Waals surface area contributed by atoms with E-state index in [9.17, 15) is 13.6 Å². The first kappa shape index (κ1) is 15.4. The monoisotopic (exact) mass is 273 g/mol. The van der Waals surface area contributed by atoms with Crippen molar-refractivity contribution in [1.29, 1.82) is 0 Å². The Morgan fingerprint density at radius 2 is 1.79 bits per heavy atom. The summed E-state index contributed by atoms with van der Waals surface area (Å²) in [6, 6.07) is 7.52. The summed E-state index contributed by atoms with van der Waals surface area (Å²) >= 11 is 0. The molecule has 0 amide bonds. The summed E-state index contributed by atoms with van der Waals surface area (Å²) in [5.74, 6) is -0.452. The number of hydrogen-bond acceptors (Lipinski definition) is 4. The van der Waals surface area contributed by atoms with Crippen LogP contribution in [0.3, 0.4) is 0 Å². The van der Waals surface area contributed by atoms with Crippen molar-refractivity contribution in [2.45, 2.75) is 38.5 Å². The Labute approximate surface area is 110 Å². The Morgan fingerprint density at radius 1 is 1.21 bits per heavy atom. The van der Waals surface area contributed by atoms with Crippen molar-refractivity contribution < 1.29 is 23.0 Å². The Bertz CT molecular complexity index is 398. The zero-order valence-corrected chi connectivity index (χ0v) is 10.8. The SMILES string of the molecule is C[C@H](N)C(=O)O[C@H](C(F)F)[C@H](C)Oc1ccccc1. The predicted molar refractivity (Wildman–Crippen MR) is 66.1 cm³/mol. The molecule has 106 valence electrons. The van der Waals surface area contributed by atoms with Crippen LogP contribution in [0.4, 0.5) is 8.78 Å². The standard InChI is InChI=1S/C13H17F2NO3/c1-8(16)13(17)19-11(12(14)15)9(2)18-10-6-4-3-5-7-10/h3-9,11-12H,16H2,1-2H3/t8-,9-,11-/m0/s1. The van der Waals surface area contributed by atoms with E-state index in [1.54, 1.807) is 30.3 Å². The zero-order valence-electron chi connectivity index (χ0n) is 10.8. The van der Waals surface area contributed by atoms with Crippen molar-refractivity contribution in [1.82, 2.24) is 0 Å². The van der Waals surface area contributed by atoms with Crippen LogP contribution in [0.2, 0.25) is 0 Å². The van der Waals surface area contributed by atoms with E-state index >= 15 is 0 Å². The van der Waals surface area contributed by atoms with Gasteiger partial charge in [0.1, 0.15) is 17.9 Å². The van der Waals surface area contributed by atoms with E-state index in [0.717, 1.165) is 0 Å². The first-order valence-corrected chi connectivity index (χ1v) is 5.87. The molecule has 0 aromatic heterocycles. The maximum Gasteiger partial charge on any atom is 0.323 e. The van der Waals surface area contributed by atoms with Crippen molar-refractivity contribution >= 4 is 5.97 Å². The predicted octanol–water partition coefficient (Wildman–Crippen LogP) is 1.98. The maximum atomic E-state index is 12.9. The van der Waals surface area contributed by atoms with Crippen LogP contribution in [-0.4, -0.2) is 30.6 Å². The van der Waals surface area contributed by atoms with Crippen molar-refractivity contribution in [2.75, 3.05) is 0 Å². The minimum atomic E-state index is -2.85. The fourth-order valence-corrected chi connectivity index (χ4v) is 1.37. The van der Waals surface area contributed by atoms with Crippen LogP contribution in [0.1, 0.15) is 13.8 Å². The number of alkyl halides is 2. The van der Waals surface area contributed by atoms with Crippen molar-refractivity contribution in [3.05, 3.63) is 30.3 Å². The largest absolute Gasteiger partial charge is 0.487 e. The molecule has 0 saturated carbocycles. The molecule has 0 saturated heterocycles. The van der Waals surface area contributed by atoms with Crippen LogP contribution in [0.5, 0.6) is 5.75 Å². The third kappa shape index (κ3) is 4.82. The lowest BCUT2D eigenvalue weighted by Gasteiger charge is -2.25. The van der Waals surface area contributed by atoms with Gasteiger partial charge in [0, 0.05) is 0 Å². The van der Waals surface area contributed by atoms with E-state index in [4.69, 9.17) is 10.5 Å². The van der Waals surface area contributed by atoms with Crippen LogP contribution >= 0.6 is 0 Å². The highest BCUT2D eigenvalue weighted by molar-refractivity contribution is 5.75. The molecular formula is C13H17F2NO3. The molecular weight excluding hydrogens is 256 g/mol. The maximum absolute atomic E-state index is 12.9. The fourth-order valence-electron chi connectivity index (χ4n) is 1.37. The van der Waals surface area contributed by atoms with Crippen molar-refractivity contribution in [3.8, 4) is 5.75 Å². The Balaban J connectivity index is 2.68. The Hall–Kier alpha value is -1.69. The molecule has 0 bridgehead atoms. The molecule has 0 unspecified atom stereocenters. The summed E-state index contributed by atoms with van der Waals surface area (Å²) in [6.07, 6.45) is -5.48. The third-order valence-corrected chi connectivity index (χ3v) is 2.40. The van der Waals surface area contributed by atoms with Crippen molar-refractivity contribution in [2.24, 2.45) is 5.73 Å². The minimum Gasteiger partial charge on any atom is -0.487 e. The molecule has 2 N–H and O–H groups in total. The van der Waals surface area contributed by atoms with Gasteiger partial charge in [-0.25, -0.2) is 8.78 Å². The number of rotatable bonds is 6. The van der Waals surface area contributed by atoms with Crippen LogP contribution in [0, 0.1) is 0 Å². The van der Waals surface area contributed by atoms with Gasteiger partial charge in [-0.3, -0.25) is 4.79 Å². The van der Waals surface area contributed by atoms with Gasteiger partial charge in [0.2, 0.25) is 0 Å². The van der Waals surface area contributed by atoms with E-state index in [1.165, 1.54) is 13.8 Å². The first-order valence-electron chi connectivity index (χ1n) is 5.87. The third-order valence-electron chi connectivity index (χ3n) is 2.40. The van der Waals surface area contributed by atoms with Gasteiger partial charge < -0.3 is 15.2 Å². The molecule has 0 radical (unpaired) electrons. The molecule has 0 spiro atoms. The minimum absolute atomic E-state index is 0.428. The zero-order chi connectivity index (χ0) is 14.4. The number of para-hydroxylation sites is 1. The summed E-state index contributed by atoms with van der Waals surface area (Å²) in [6.45, 7) is 2.78. The van der Waals surface area contributed by atoms with Gasteiger partial charge in [-0.1, -0.05) is 18.2 Å². The highest BCUT2D eigenvalue weighted by Crippen LogP contribution is 2.18. The summed E-state index contributed by atoms with van der Waals surface area (Å²) in [5.41, 5.74) is 5.28. The number of esters is 1. The van der Waals surface area contributed by atoms with E-state index < -0.39 is 30.6 Å².